The fourth-order valence-electron chi connectivity index (χ4n) is 3.93. The minimum absolute atomic E-state index is 0.0434. The fraction of sp³-hybridized carbons (Fsp3) is 0.318. The van der Waals surface area contributed by atoms with Crippen LogP contribution in [-0.2, 0) is 12.8 Å². The number of amides is 1. The normalized spacial score (nSPS) is 16.7. The molecule has 0 spiro atoms. The van der Waals surface area contributed by atoms with Gasteiger partial charge in [0.05, 0.1) is 0 Å². The number of benzene rings is 2. The van der Waals surface area contributed by atoms with E-state index in [-0.39, 0.29) is 5.91 Å². The number of nitrogens with one attached hydrogen (secondary N) is 2. The second kappa shape index (κ2) is 6.07. The Balaban J connectivity index is 1.69. The standard InChI is InChI=1S/C22H24N2O/c1-13-7-9-19-17(11-13)18-12-16(8-10-20(18)23-19)22(25)24-21-14(2)5-4-6-15(21)3/h4-6,8,10,12-13,23H,7,9,11H2,1-3H3,(H,24,25)/t13-/m0/s1. The van der Waals surface area contributed by atoms with E-state index in [1.54, 1.807) is 0 Å². The zero-order valence-electron chi connectivity index (χ0n) is 15.1. The Morgan fingerprint density at radius 1 is 1.16 bits per heavy atom. The molecule has 1 heterocycles. The molecule has 0 bridgehead atoms. The molecule has 2 aromatic carbocycles. The lowest BCUT2D eigenvalue weighted by Crippen LogP contribution is -2.14. The van der Waals surface area contributed by atoms with Crippen LogP contribution in [0.5, 0.6) is 0 Å². The van der Waals surface area contributed by atoms with Gasteiger partial charge in [0.15, 0.2) is 0 Å². The summed E-state index contributed by atoms with van der Waals surface area (Å²) in [6.45, 7) is 6.35. The van der Waals surface area contributed by atoms with Gasteiger partial charge in [0, 0.05) is 27.8 Å². The monoisotopic (exact) mass is 332 g/mol. The molecule has 1 aliphatic rings. The van der Waals surface area contributed by atoms with Gasteiger partial charge in [-0.1, -0.05) is 25.1 Å². The number of anilines is 1. The Kier molecular flexibility index (Phi) is 3.87. The van der Waals surface area contributed by atoms with Crippen molar-refractivity contribution in [1.29, 1.82) is 0 Å². The molecule has 1 aromatic heterocycles. The summed E-state index contributed by atoms with van der Waals surface area (Å²) in [5, 5.41) is 4.30. The molecule has 1 aliphatic carbocycles. The third-order valence-electron chi connectivity index (χ3n) is 5.42. The predicted molar refractivity (Wildman–Crippen MR) is 103 cm³/mol. The number of aromatic amines is 1. The summed E-state index contributed by atoms with van der Waals surface area (Å²) in [5.41, 5.74) is 7.69. The van der Waals surface area contributed by atoms with Crippen LogP contribution >= 0.6 is 0 Å². The van der Waals surface area contributed by atoms with E-state index in [2.05, 4.69) is 17.2 Å². The van der Waals surface area contributed by atoms with Crippen molar-refractivity contribution in [1.82, 2.24) is 4.98 Å². The quantitative estimate of drug-likeness (QED) is 0.669. The van der Waals surface area contributed by atoms with Crippen LogP contribution in [0, 0.1) is 19.8 Å². The Bertz CT molecular complexity index is 947. The smallest absolute Gasteiger partial charge is 0.255 e. The Labute approximate surface area is 148 Å². The first-order valence-corrected chi connectivity index (χ1v) is 9.04. The SMILES string of the molecule is Cc1cccc(C)c1NC(=O)c1ccc2[nH]c3c(c2c1)C[C@@H](C)CC3. The van der Waals surface area contributed by atoms with Gasteiger partial charge in [0.1, 0.15) is 0 Å². The molecule has 0 saturated carbocycles. The third kappa shape index (κ3) is 2.84. The van der Waals surface area contributed by atoms with Crippen LogP contribution in [0.25, 0.3) is 10.9 Å². The van der Waals surface area contributed by atoms with Crippen LogP contribution in [0.1, 0.15) is 46.1 Å². The lowest BCUT2D eigenvalue weighted by atomic mass is 9.87. The average Bonchev–Trinajstić information content (AvgIpc) is 2.95. The maximum Gasteiger partial charge on any atom is 0.255 e. The zero-order chi connectivity index (χ0) is 17.6. The summed E-state index contributed by atoms with van der Waals surface area (Å²) < 4.78 is 0. The van der Waals surface area contributed by atoms with E-state index in [0.717, 1.165) is 40.7 Å². The second-order valence-corrected chi connectivity index (χ2v) is 7.41. The lowest BCUT2D eigenvalue weighted by Gasteiger charge is -2.18. The number of carbonyl (C=O) groups excluding carboxylic acids is 1. The van der Waals surface area contributed by atoms with E-state index >= 15 is 0 Å². The zero-order valence-corrected chi connectivity index (χ0v) is 15.1. The van der Waals surface area contributed by atoms with Crippen molar-refractivity contribution in [3.8, 4) is 0 Å². The van der Waals surface area contributed by atoms with Gasteiger partial charge < -0.3 is 10.3 Å². The number of hydrogen-bond donors (Lipinski definition) is 2. The molecule has 3 nitrogen and oxygen atoms in total. The highest BCUT2D eigenvalue weighted by Crippen LogP contribution is 2.32. The van der Waals surface area contributed by atoms with E-state index in [1.807, 2.05) is 50.2 Å². The molecule has 0 aliphatic heterocycles. The van der Waals surface area contributed by atoms with E-state index in [0.29, 0.717) is 5.92 Å². The molecule has 25 heavy (non-hydrogen) atoms. The Morgan fingerprint density at radius 3 is 2.68 bits per heavy atom. The van der Waals surface area contributed by atoms with Crippen molar-refractivity contribution in [3.63, 3.8) is 0 Å². The molecule has 128 valence electrons. The van der Waals surface area contributed by atoms with E-state index in [9.17, 15) is 4.79 Å². The summed E-state index contributed by atoms with van der Waals surface area (Å²) in [6, 6.07) is 12.1. The molecule has 4 rings (SSSR count). The number of para-hydroxylation sites is 1. The molecular weight excluding hydrogens is 308 g/mol. The number of hydrogen-bond acceptors (Lipinski definition) is 1. The van der Waals surface area contributed by atoms with Crippen LogP contribution in [0.15, 0.2) is 36.4 Å². The van der Waals surface area contributed by atoms with Gasteiger partial charge in [-0.3, -0.25) is 4.79 Å². The fourth-order valence-corrected chi connectivity index (χ4v) is 3.93. The van der Waals surface area contributed by atoms with Crippen LogP contribution in [0.3, 0.4) is 0 Å². The van der Waals surface area contributed by atoms with Crippen molar-refractivity contribution in [2.24, 2.45) is 5.92 Å². The molecule has 3 heteroatoms. The number of aryl methyl sites for hydroxylation is 3. The highest BCUT2D eigenvalue weighted by Gasteiger charge is 2.20. The number of fused-ring (bicyclic) bond motifs is 3. The highest BCUT2D eigenvalue weighted by molar-refractivity contribution is 6.07. The van der Waals surface area contributed by atoms with Gasteiger partial charge in [-0.2, -0.15) is 0 Å². The van der Waals surface area contributed by atoms with Crippen LogP contribution in [0.4, 0.5) is 5.69 Å². The highest BCUT2D eigenvalue weighted by atomic mass is 16.1. The predicted octanol–water partition coefficient (Wildman–Crippen LogP) is 5.16. The number of rotatable bonds is 2. The second-order valence-electron chi connectivity index (χ2n) is 7.41. The molecule has 1 atom stereocenters. The van der Waals surface area contributed by atoms with Crippen molar-refractivity contribution in [3.05, 3.63) is 64.3 Å². The molecule has 0 saturated heterocycles. The largest absolute Gasteiger partial charge is 0.358 e. The van der Waals surface area contributed by atoms with Crippen molar-refractivity contribution in [2.45, 2.75) is 40.0 Å². The van der Waals surface area contributed by atoms with E-state index < -0.39 is 0 Å². The third-order valence-corrected chi connectivity index (χ3v) is 5.42. The maximum absolute atomic E-state index is 12.8. The van der Waals surface area contributed by atoms with Gasteiger partial charge in [0.25, 0.3) is 5.91 Å². The van der Waals surface area contributed by atoms with Crippen LogP contribution in [0.2, 0.25) is 0 Å². The van der Waals surface area contributed by atoms with E-state index in [4.69, 9.17) is 0 Å². The molecule has 3 aromatic rings. The first-order chi connectivity index (χ1) is 12.0. The minimum atomic E-state index is -0.0434. The summed E-state index contributed by atoms with van der Waals surface area (Å²) in [4.78, 5) is 16.3. The Morgan fingerprint density at radius 2 is 1.92 bits per heavy atom. The van der Waals surface area contributed by atoms with Crippen molar-refractivity contribution < 1.29 is 4.79 Å². The number of aromatic nitrogens is 1. The molecule has 0 fully saturated rings. The maximum atomic E-state index is 12.8. The average molecular weight is 332 g/mol. The summed E-state index contributed by atoms with van der Waals surface area (Å²) in [7, 11) is 0. The lowest BCUT2D eigenvalue weighted by molar-refractivity contribution is 0.102. The van der Waals surface area contributed by atoms with Crippen molar-refractivity contribution in [2.75, 3.05) is 5.32 Å². The van der Waals surface area contributed by atoms with Crippen molar-refractivity contribution >= 4 is 22.5 Å². The Hall–Kier alpha value is -2.55. The van der Waals surface area contributed by atoms with Gasteiger partial charge >= 0.3 is 0 Å². The first-order valence-electron chi connectivity index (χ1n) is 9.04. The molecule has 2 N–H and O–H groups in total. The number of carbonyl (C=O) groups is 1. The van der Waals surface area contributed by atoms with Gasteiger partial charge in [0.2, 0.25) is 0 Å². The molecule has 0 unspecified atom stereocenters. The first kappa shape index (κ1) is 15.9. The summed E-state index contributed by atoms with van der Waals surface area (Å²) in [5.74, 6) is 0.664. The van der Waals surface area contributed by atoms with Gasteiger partial charge in [-0.15, -0.1) is 0 Å². The molecule has 1 amide bonds. The topological polar surface area (TPSA) is 44.9 Å². The molecule has 0 radical (unpaired) electrons. The summed E-state index contributed by atoms with van der Waals surface area (Å²) >= 11 is 0. The minimum Gasteiger partial charge on any atom is -0.358 e. The molecular formula is C22H24N2O. The van der Waals surface area contributed by atoms with E-state index in [1.165, 1.54) is 23.1 Å². The van der Waals surface area contributed by atoms with Gasteiger partial charge in [-0.05, 0) is 73.9 Å². The van der Waals surface area contributed by atoms with Gasteiger partial charge in [-0.25, -0.2) is 0 Å². The number of H-pyrrole nitrogens is 1. The van der Waals surface area contributed by atoms with Crippen LogP contribution in [-0.4, -0.2) is 10.9 Å². The summed E-state index contributed by atoms with van der Waals surface area (Å²) in [6.07, 6.45) is 3.44. The van der Waals surface area contributed by atoms with Crippen LogP contribution < -0.4 is 5.32 Å².